The SMILES string of the molecule is CN(C)c1c(Cl)ccc2c(=O)c3ccc(-c4ccoc4)cc3n(CC(=O)NS(C)(=O)=O)c12. The normalized spacial score (nSPS) is 11.8. The molecular weight excluding hydrogens is 454 g/mol. The third-order valence-electron chi connectivity index (χ3n) is 5.05. The van der Waals surface area contributed by atoms with Crippen molar-refractivity contribution in [1.29, 1.82) is 0 Å². The van der Waals surface area contributed by atoms with E-state index in [4.69, 9.17) is 16.0 Å². The van der Waals surface area contributed by atoms with E-state index in [2.05, 4.69) is 0 Å². The quantitative estimate of drug-likeness (QED) is 0.446. The maximum absolute atomic E-state index is 13.3. The fourth-order valence-corrected chi connectivity index (χ4v) is 4.60. The number of aromatic nitrogens is 1. The Balaban J connectivity index is 2.12. The molecule has 0 saturated carbocycles. The number of sulfonamides is 1. The van der Waals surface area contributed by atoms with Crippen LogP contribution in [0.2, 0.25) is 5.02 Å². The largest absolute Gasteiger partial charge is 0.472 e. The van der Waals surface area contributed by atoms with Crippen molar-refractivity contribution in [3.63, 3.8) is 0 Å². The summed E-state index contributed by atoms with van der Waals surface area (Å²) in [5.74, 6) is -0.739. The molecule has 0 unspecified atom stereocenters. The predicted molar refractivity (Wildman–Crippen MR) is 126 cm³/mol. The number of nitrogens with one attached hydrogen (secondary N) is 1. The van der Waals surface area contributed by atoms with Crippen LogP contribution < -0.4 is 15.1 Å². The summed E-state index contributed by atoms with van der Waals surface area (Å²) < 4.78 is 32.0. The number of carbonyl (C=O) groups excluding carboxylic acids is 1. The van der Waals surface area contributed by atoms with Gasteiger partial charge in [-0.3, -0.25) is 14.3 Å². The molecule has 0 aliphatic heterocycles. The lowest BCUT2D eigenvalue weighted by molar-refractivity contribution is -0.119. The topological polar surface area (TPSA) is 102 Å². The first-order valence-electron chi connectivity index (χ1n) is 9.56. The fourth-order valence-electron chi connectivity index (χ4n) is 3.80. The molecule has 0 spiro atoms. The van der Waals surface area contributed by atoms with Crippen LogP contribution in [0, 0.1) is 0 Å². The number of benzene rings is 2. The van der Waals surface area contributed by atoms with Gasteiger partial charge in [-0.15, -0.1) is 0 Å². The molecule has 2 aromatic carbocycles. The number of rotatable bonds is 5. The number of hydrogen-bond donors (Lipinski definition) is 1. The lowest BCUT2D eigenvalue weighted by atomic mass is 10.0. The van der Waals surface area contributed by atoms with Crippen LogP contribution in [-0.4, -0.2) is 39.2 Å². The first-order chi connectivity index (χ1) is 15.1. The van der Waals surface area contributed by atoms with E-state index >= 15 is 0 Å². The van der Waals surface area contributed by atoms with Crippen LogP contribution in [0.3, 0.4) is 0 Å². The Morgan fingerprint density at radius 3 is 2.47 bits per heavy atom. The molecule has 1 amide bonds. The van der Waals surface area contributed by atoms with Crippen LogP contribution in [0.15, 0.2) is 58.1 Å². The van der Waals surface area contributed by atoms with Crippen molar-refractivity contribution in [3.8, 4) is 11.1 Å². The summed E-state index contributed by atoms with van der Waals surface area (Å²) >= 11 is 6.46. The van der Waals surface area contributed by atoms with Crippen molar-refractivity contribution < 1.29 is 17.6 Å². The van der Waals surface area contributed by atoms with Crippen molar-refractivity contribution >= 4 is 55.0 Å². The standard InChI is InChI=1S/C22H20ClN3O5S/c1-25(2)21-17(23)7-6-16-20(21)26(11-19(27)24-32(3,29)30)18-10-13(14-8-9-31-12-14)4-5-15(18)22(16)28/h4-10,12H,11H2,1-3H3,(H,24,27). The van der Waals surface area contributed by atoms with Gasteiger partial charge >= 0.3 is 0 Å². The molecule has 8 nitrogen and oxygen atoms in total. The van der Waals surface area contributed by atoms with Gasteiger partial charge < -0.3 is 13.9 Å². The maximum atomic E-state index is 13.3. The fraction of sp³-hybridized carbons (Fsp3) is 0.182. The van der Waals surface area contributed by atoms with Crippen molar-refractivity contribution in [2.45, 2.75) is 6.54 Å². The maximum Gasteiger partial charge on any atom is 0.253 e. The Bertz CT molecular complexity index is 1520. The summed E-state index contributed by atoms with van der Waals surface area (Å²) in [6.45, 7) is -0.337. The van der Waals surface area contributed by atoms with E-state index in [9.17, 15) is 18.0 Å². The number of anilines is 1. The minimum atomic E-state index is -3.76. The van der Waals surface area contributed by atoms with Crippen molar-refractivity contribution in [3.05, 3.63) is 64.2 Å². The molecular formula is C22H20ClN3O5S. The van der Waals surface area contributed by atoms with Crippen molar-refractivity contribution in [2.75, 3.05) is 25.3 Å². The number of carbonyl (C=O) groups is 1. The van der Waals surface area contributed by atoms with Crippen molar-refractivity contribution in [2.24, 2.45) is 0 Å². The van der Waals surface area contributed by atoms with E-state index in [-0.39, 0.29) is 12.0 Å². The predicted octanol–water partition coefficient (Wildman–Crippen LogP) is 3.21. The van der Waals surface area contributed by atoms with E-state index in [1.807, 2.05) is 4.72 Å². The van der Waals surface area contributed by atoms with Gasteiger partial charge in [0.1, 0.15) is 6.54 Å². The average molecular weight is 474 g/mol. The van der Waals surface area contributed by atoms with Crippen LogP contribution >= 0.6 is 11.6 Å². The van der Waals surface area contributed by atoms with E-state index in [0.29, 0.717) is 32.5 Å². The Morgan fingerprint density at radius 1 is 1.12 bits per heavy atom. The highest BCUT2D eigenvalue weighted by Crippen LogP contribution is 2.35. The molecule has 4 aromatic rings. The van der Waals surface area contributed by atoms with Gasteiger partial charge in [-0.25, -0.2) is 8.42 Å². The molecule has 2 aromatic heterocycles. The highest BCUT2D eigenvalue weighted by atomic mass is 35.5. The summed E-state index contributed by atoms with van der Waals surface area (Å²) in [4.78, 5) is 27.7. The van der Waals surface area contributed by atoms with Gasteiger partial charge in [0.2, 0.25) is 10.0 Å². The van der Waals surface area contributed by atoms with E-state index in [0.717, 1.165) is 17.4 Å². The second-order valence-corrected chi connectivity index (χ2v) is 9.80. The Labute approximate surface area is 189 Å². The lowest BCUT2D eigenvalue weighted by Gasteiger charge is -2.22. The Hall–Kier alpha value is -3.30. The molecule has 0 aliphatic rings. The molecule has 1 N–H and O–H groups in total. The van der Waals surface area contributed by atoms with Crippen LogP contribution in [0.1, 0.15) is 0 Å². The van der Waals surface area contributed by atoms with E-state index in [1.54, 1.807) is 66.2 Å². The second-order valence-electron chi connectivity index (χ2n) is 7.64. The lowest BCUT2D eigenvalue weighted by Crippen LogP contribution is -2.33. The van der Waals surface area contributed by atoms with E-state index in [1.165, 1.54) is 6.26 Å². The zero-order valence-corrected chi connectivity index (χ0v) is 19.1. The highest BCUT2D eigenvalue weighted by Gasteiger charge is 2.20. The molecule has 4 rings (SSSR count). The van der Waals surface area contributed by atoms with Gasteiger partial charge in [-0.2, -0.15) is 0 Å². The molecule has 0 bridgehead atoms. The van der Waals surface area contributed by atoms with Crippen LogP contribution in [0.5, 0.6) is 0 Å². The number of amides is 1. The van der Waals surface area contributed by atoms with Crippen LogP contribution in [0.25, 0.3) is 32.9 Å². The number of hydrogen-bond acceptors (Lipinski definition) is 6. The smallest absolute Gasteiger partial charge is 0.253 e. The third kappa shape index (κ3) is 3.96. The summed E-state index contributed by atoms with van der Waals surface area (Å²) in [5.41, 5.74) is 2.81. The Kier molecular flexibility index (Phi) is 5.47. The molecule has 166 valence electrons. The third-order valence-corrected chi connectivity index (χ3v) is 5.96. The van der Waals surface area contributed by atoms with Gasteiger partial charge in [-0.05, 0) is 35.9 Å². The Morgan fingerprint density at radius 2 is 1.84 bits per heavy atom. The van der Waals surface area contributed by atoms with Crippen molar-refractivity contribution in [1.82, 2.24) is 9.29 Å². The first kappa shape index (κ1) is 21.9. The molecule has 32 heavy (non-hydrogen) atoms. The minimum Gasteiger partial charge on any atom is -0.472 e. The minimum absolute atomic E-state index is 0.215. The number of halogens is 1. The highest BCUT2D eigenvalue weighted by molar-refractivity contribution is 7.89. The zero-order valence-electron chi connectivity index (χ0n) is 17.5. The second kappa shape index (κ2) is 7.99. The van der Waals surface area contributed by atoms with E-state index < -0.39 is 15.9 Å². The van der Waals surface area contributed by atoms with Gasteiger partial charge in [0.25, 0.3) is 5.91 Å². The molecule has 0 atom stereocenters. The van der Waals surface area contributed by atoms with Crippen LogP contribution in [-0.2, 0) is 21.4 Å². The number of pyridine rings is 1. The summed E-state index contributed by atoms with van der Waals surface area (Å²) in [7, 11) is -0.208. The summed E-state index contributed by atoms with van der Waals surface area (Å²) in [5, 5.41) is 1.15. The summed E-state index contributed by atoms with van der Waals surface area (Å²) in [6, 6.07) is 10.3. The van der Waals surface area contributed by atoms with Gasteiger partial charge in [0.15, 0.2) is 5.43 Å². The number of furan rings is 1. The van der Waals surface area contributed by atoms with Gasteiger partial charge in [0.05, 0.1) is 40.5 Å². The zero-order chi connectivity index (χ0) is 23.2. The number of fused-ring (bicyclic) bond motifs is 2. The molecule has 2 heterocycles. The first-order valence-corrected chi connectivity index (χ1v) is 11.8. The number of nitrogens with zero attached hydrogens (tertiary/aromatic N) is 2. The summed E-state index contributed by atoms with van der Waals surface area (Å²) in [6.07, 6.45) is 4.02. The van der Waals surface area contributed by atoms with Crippen LogP contribution in [0.4, 0.5) is 5.69 Å². The van der Waals surface area contributed by atoms with Gasteiger partial charge in [-0.1, -0.05) is 17.7 Å². The molecule has 10 heteroatoms. The molecule has 0 fully saturated rings. The van der Waals surface area contributed by atoms with Gasteiger partial charge in [0, 0.05) is 30.4 Å². The average Bonchev–Trinajstić information content (AvgIpc) is 3.23. The molecule has 0 aliphatic carbocycles. The molecule has 0 saturated heterocycles. The molecule has 0 radical (unpaired) electrons. The monoisotopic (exact) mass is 473 g/mol.